The summed E-state index contributed by atoms with van der Waals surface area (Å²) in [5.41, 5.74) is -1.02. The average molecular weight is 322 g/mol. The SMILES string of the molecule is CNC(=O)NC(=O)CN1C(=O)NC(C)(c2ccc(F)cc2)C1=O. The first-order valence-electron chi connectivity index (χ1n) is 6.69. The van der Waals surface area contributed by atoms with Crippen LogP contribution >= 0.6 is 0 Å². The molecule has 1 aliphatic heterocycles. The Morgan fingerprint density at radius 3 is 2.43 bits per heavy atom. The molecule has 1 fully saturated rings. The number of benzene rings is 1. The summed E-state index contributed by atoms with van der Waals surface area (Å²) in [6, 6.07) is 3.57. The summed E-state index contributed by atoms with van der Waals surface area (Å²) in [7, 11) is 1.32. The molecule has 1 unspecified atom stereocenters. The molecule has 6 amide bonds. The van der Waals surface area contributed by atoms with Crippen LogP contribution in [0.1, 0.15) is 12.5 Å². The van der Waals surface area contributed by atoms with Crippen LogP contribution in [0.3, 0.4) is 0 Å². The first-order chi connectivity index (χ1) is 10.8. The summed E-state index contributed by atoms with van der Waals surface area (Å²) in [6.07, 6.45) is 0. The number of halogens is 1. The van der Waals surface area contributed by atoms with Gasteiger partial charge in [-0.1, -0.05) is 12.1 Å². The lowest BCUT2D eigenvalue weighted by Crippen LogP contribution is -2.46. The highest BCUT2D eigenvalue weighted by Crippen LogP contribution is 2.28. The summed E-state index contributed by atoms with van der Waals surface area (Å²) in [5, 5.41) is 6.61. The second kappa shape index (κ2) is 6.03. The number of imide groups is 2. The monoisotopic (exact) mass is 322 g/mol. The van der Waals surface area contributed by atoms with Gasteiger partial charge in [0.05, 0.1) is 0 Å². The first kappa shape index (κ1) is 16.4. The Hall–Kier alpha value is -2.97. The van der Waals surface area contributed by atoms with E-state index in [9.17, 15) is 23.6 Å². The van der Waals surface area contributed by atoms with E-state index in [1.807, 2.05) is 5.32 Å². The zero-order chi connectivity index (χ0) is 17.2. The van der Waals surface area contributed by atoms with E-state index in [2.05, 4.69) is 10.6 Å². The number of urea groups is 2. The van der Waals surface area contributed by atoms with E-state index in [-0.39, 0.29) is 0 Å². The molecule has 9 heteroatoms. The van der Waals surface area contributed by atoms with E-state index in [0.717, 1.165) is 0 Å². The first-order valence-corrected chi connectivity index (χ1v) is 6.69. The van der Waals surface area contributed by atoms with E-state index in [1.54, 1.807) is 0 Å². The number of nitrogens with one attached hydrogen (secondary N) is 3. The van der Waals surface area contributed by atoms with Gasteiger partial charge in [-0.2, -0.15) is 0 Å². The third-order valence-electron chi connectivity index (χ3n) is 3.48. The molecule has 3 N–H and O–H groups in total. The molecular weight excluding hydrogens is 307 g/mol. The minimum absolute atomic E-state index is 0.381. The van der Waals surface area contributed by atoms with E-state index in [1.165, 1.54) is 38.2 Å². The Kier molecular flexibility index (Phi) is 4.30. The normalized spacial score (nSPS) is 20.2. The molecular formula is C14H15FN4O4. The second-order valence-electron chi connectivity index (χ2n) is 5.08. The molecule has 0 spiro atoms. The fraction of sp³-hybridized carbons (Fsp3) is 0.286. The van der Waals surface area contributed by atoms with Crippen LogP contribution in [-0.4, -0.2) is 42.4 Å². The summed E-state index contributed by atoms with van der Waals surface area (Å²) >= 11 is 0. The van der Waals surface area contributed by atoms with Crippen molar-refractivity contribution >= 4 is 23.9 Å². The zero-order valence-corrected chi connectivity index (χ0v) is 12.5. The number of amides is 6. The zero-order valence-electron chi connectivity index (χ0n) is 12.5. The van der Waals surface area contributed by atoms with Crippen LogP contribution in [0.25, 0.3) is 0 Å². The Morgan fingerprint density at radius 2 is 1.87 bits per heavy atom. The van der Waals surface area contributed by atoms with Gasteiger partial charge < -0.3 is 10.6 Å². The van der Waals surface area contributed by atoms with Crippen molar-refractivity contribution in [2.75, 3.05) is 13.6 Å². The summed E-state index contributed by atoms with van der Waals surface area (Å²) < 4.78 is 13.0. The van der Waals surface area contributed by atoms with Gasteiger partial charge in [-0.05, 0) is 24.6 Å². The standard InChI is InChI=1S/C14H15FN4O4/c1-14(8-3-5-9(15)6-4-8)11(21)19(13(23)18-14)7-10(20)17-12(22)16-2/h3-6H,7H2,1-2H3,(H,18,23)(H2,16,17,20,22). The van der Waals surface area contributed by atoms with Crippen molar-refractivity contribution in [1.82, 2.24) is 20.9 Å². The number of nitrogens with zero attached hydrogens (tertiary/aromatic N) is 1. The Balaban J connectivity index is 2.17. The fourth-order valence-electron chi connectivity index (χ4n) is 2.19. The molecule has 122 valence electrons. The van der Waals surface area contributed by atoms with Crippen LogP contribution in [0.5, 0.6) is 0 Å². The molecule has 1 atom stereocenters. The third kappa shape index (κ3) is 3.12. The van der Waals surface area contributed by atoms with Gasteiger partial charge in [-0.3, -0.25) is 19.8 Å². The number of rotatable bonds is 3. The van der Waals surface area contributed by atoms with Crippen LogP contribution in [0, 0.1) is 5.82 Å². The van der Waals surface area contributed by atoms with Gasteiger partial charge in [0, 0.05) is 7.05 Å². The topological polar surface area (TPSA) is 108 Å². The minimum Gasteiger partial charge on any atom is -0.341 e. The maximum atomic E-state index is 13.0. The smallest absolute Gasteiger partial charge is 0.325 e. The van der Waals surface area contributed by atoms with Gasteiger partial charge >= 0.3 is 12.1 Å². The number of carbonyl (C=O) groups excluding carboxylic acids is 4. The van der Waals surface area contributed by atoms with Crippen molar-refractivity contribution in [2.24, 2.45) is 0 Å². The predicted octanol–water partition coefficient (Wildman–Crippen LogP) is 0.0483. The van der Waals surface area contributed by atoms with Crippen molar-refractivity contribution in [3.05, 3.63) is 35.6 Å². The predicted molar refractivity (Wildman–Crippen MR) is 76.6 cm³/mol. The molecule has 0 aliphatic carbocycles. The van der Waals surface area contributed by atoms with Gasteiger partial charge in [0.2, 0.25) is 5.91 Å². The molecule has 0 saturated carbocycles. The third-order valence-corrected chi connectivity index (χ3v) is 3.48. The Morgan fingerprint density at radius 1 is 1.26 bits per heavy atom. The van der Waals surface area contributed by atoms with Gasteiger partial charge in [0.25, 0.3) is 5.91 Å². The van der Waals surface area contributed by atoms with Crippen LogP contribution in [0.4, 0.5) is 14.0 Å². The highest BCUT2D eigenvalue weighted by Gasteiger charge is 2.49. The van der Waals surface area contributed by atoms with E-state index < -0.39 is 41.8 Å². The van der Waals surface area contributed by atoms with Gasteiger partial charge in [0.1, 0.15) is 17.9 Å². The summed E-state index contributed by atoms with van der Waals surface area (Å²) in [6.45, 7) is 0.853. The fourth-order valence-corrected chi connectivity index (χ4v) is 2.19. The van der Waals surface area contributed by atoms with Crippen LogP contribution in [-0.2, 0) is 15.1 Å². The molecule has 0 radical (unpaired) electrons. The Labute approximate surface area is 131 Å². The van der Waals surface area contributed by atoms with E-state index in [0.29, 0.717) is 10.5 Å². The molecule has 8 nitrogen and oxygen atoms in total. The molecule has 23 heavy (non-hydrogen) atoms. The lowest BCUT2D eigenvalue weighted by atomic mass is 9.92. The number of hydrogen-bond donors (Lipinski definition) is 3. The second-order valence-corrected chi connectivity index (χ2v) is 5.08. The van der Waals surface area contributed by atoms with Crippen molar-refractivity contribution in [2.45, 2.75) is 12.5 Å². The van der Waals surface area contributed by atoms with Crippen LogP contribution in [0.2, 0.25) is 0 Å². The van der Waals surface area contributed by atoms with Gasteiger partial charge in [-0.15, -0.1) is 0 Å². The largest absolute Gasteiger partial charge is 0.341 e. The lowest BCUT2D eigenvalue weighted by molar-refractivity contribution is -0.134. The molecule has 1 heterocycles. The van der Waals surface area contributed by atoms with Gasteiger partial charge in [0.15, 0.2) is 0 Å². The molecule has 1 saturated heterocycles. The van der Waals surface area contributed by atoms with Crippen LogP contribution < -0.4 is 16.0 Å². The highest BCUT2D eigenvalue weighted by atomic mass is 19.1. The molecule has 1 aromatic carbocycles. The van der Waals surface area contributed by atoms with Crippen molar-refractivity contribution in [1.29, 1.82) is 0 Å². The molecule has 2 rings (SSSR count). The van der Waals surface area contributed by atoms with Crippen molar-refractivity contribution in [3.8, 4) is 0 Å². The average Bonchev–Trinajstić information content (AvgIpc) is 2.72. The summed E-state index contributed by atoms with van der Waals surface area (Å²) in [5.74, 6) is -1.95. The highest BCUT2D eigenvalue weighted by molar-refractivity contribution is 6.10. The quantitative estimate of drug-likeness (QED) is 0.683. The molecule has 1 aromatic rings. The van der Waals surface area contributed by atoms with Crippen molar-refractivity contribution < 1.29 is 23.6 Å². The number of carbonyl (C=O) groups is 4. The maximum absolute atomic E-state index is 13.0. The molecule has 0 bridgehead atoms. The van der Waals surface area contributed by atoms with Gasteiger partial charge in [-0.25, -0.2) is 14.0 Å². The van der Waals surface area contributed by atoms with Crippen LogP contribution in [0.15, 0.2) is 24.3 Å². The lowest BCUT2D eigenvalue weighted by Gasteiger charge is -2.22. The minimum atomic E-state index is -1.40. The maximum Gasteiger partial charge on any atom is 0.325 e. The number of hydrogen-bond acceptors (Lipinski definition) is 4. The summed E-state index contributed by atoms with van der Waals surface area (Å²) in [4.78, 5) is 47.9. The van der Waals surface area contributed by atoms with Crippen molar-refractivity contribution in [3.63, 3.8) is 0 Å². The van der Waals surface area contributed by atoms with E-state index >= 15 is 0 Å². The molecule has 0 aromatic heterocycles. The molecule has 1 aliphatic rings. The van der Waals surface area contributed by atoms with E-state index in [4.69, 9.17) is 0 Å². The Bertz CT molecular complexity index is 676.